The van der Waals surface area contributed by atoms with Crippen molar-refractivity contribution in [3.8, 4) is 0 Å². The van der Waals surface area contributed by atoms with Crippen molar-refractivity contribution >= 4 is 23.5 Å². The highest BCUT2D eigenvalue weighted by molar-refractivity contribution is 6.00. The molecule has 0 radical (unpaired) electrons. The number of para-hydroxylation sites is 1. The van der Waals surface area contributed by atoms with E-state index in [1.165, 1.54) is 11.0 Å². The Balaban J connectivity index is 1.59. The van der Waals surface area contributed by atoms with Crippen LogP contribution < -0.4 is 4.90 Å². The standard InChI is InChI=1S/C19H23FN2O4/c1-2-26-19(25)13-7-9-21(10-8-13)18(24)14-11-17(23)22(12-14)16-6-4-3-5-15(16)20/h3-6,13-14H,2,7-12H2,1H3/t14-/m0/s1. The number of anilines is 1. The van der Waals surface area contributed by atoms with Gasteiger partial charge in [-0.05, 0) is 31.9 Å². The number of carbonyl (C=O) groups is 3. The Morgan fingerprint density at radius 1 is 1.19 bits per heavy atom. The van der Waals surface area contributed by atoms with Gasteiger partial charge in [0, 0.05) is 26.1 Å². The van der Waals surface area contributed by atoms with Gasteiger partial charge in [-0.15, -0.1) is 0 Å². The summed E-state index contributed by atoms with van der Waals surface area (Å²) in [6.45, 7) is 3.28. The summed E-state index contributed by atoms with van der Waals surface area (Å²) >= 11 is 0. The lowest BCUT2D eigenvalue weighted by atomic mass is 9.95. The van der Waals surface area contributed by atoms with Gasteiger partial charge >= 0.3 is 5.97 Å². The Hall–Kier alpha value is -2.44. The average Bonchev–Trinajstić information content (AvgIpc) is 3.03. The second-order valence-electron chi connectivity index (χ2n) is 6.71. The van der Waals surface area contributed by atoms with Crippen molar-refractivity contribution < 1.29 is 23.5 Å². The SMILES string of the molecule is CCOC(=O)C1CCN(C(=O)[C@H]2CC(=O)N(c3ccccc3F)C2)CC1. The topological polar surface area (TPSA) is 66.9 Å². The second kappa shape index (κ2) is 7.85. The molecule has 1 aromatic rings. The van der Waals surface area contributed by atoms with Gasteiger partial charge in [0.05, 0.1) is 24.1 Å². The molecular weight excluding hydrogens is 339 g/mol. The quantitative estimate of drug-likeness (QED) is 0.768. The molecule has 2 fully saturated rings. The molecule has 0 saturated carbocycles. The first-order chi connectivity index (χ1) is 12.5. The van der Waals surface area contributed by atoms with Crippen molar-refractivity contribution in [2.24, 2.45) is 11.8 Å². The fourth-order valence-corrected chi connectivity index (χ4v) is 3.63. The van der Waals surface area contributed by atoms with Gasteiger partial charge in [0.1, 0.15) is 5.82 Å². The molecule has 1 atom stereocenters. The number of nitrogens with zero attached hydrogens (tertiary/aromatic N) is 2. The fourth-order valence-electron chi connectivity index (χ4n) is 3.63. The number of piperidine rings is 1. The maximum atomic E-state index is 13.9. The predicted molar refractivity (Wildman–Crippen MR) is 92.8 cm³/mol. The van der Waals surface area contributed by atoms with Crippen LogP contribution in [-0.4, -0.2) is 48.9 Å². The summed E-state index contributed by atoms with van der Waals surface area (Å²) in [7, 11) is 0. The van der Waals surface area contributed by atoms with Gasteiger partial charge in [0.25, 0.3) is 0 Å². The largest absolute Gasteiger partial charge is 0.466 e. The molecule has 0 bridgehead atoms. The molecule has 2 amide bonds. The first-order valence-corrected chi connectivity index (χ1v) is 9.01. The Morgan fingerprint density at radius 2 is 1.88 bits per heavy atom. The number of amides is 2. The minimum Gasteiger partial charge on any atom is -0.466 e. The van der Waals surface area contributed by atoms with Crippen LogP contribution >= 0.6 is 0 Å². The van der Waals surface area contributed by atoms with Crippen molar-refractivity contribution in [2.45, 2.75) is 26.2 Å². The van der Waals surface area contributed by atoms with Gasteiger partial charge < -0.3 is 14.5 Å². The zero-order chi connectivity index (χ0) is 18.7. The van der Waals surface area contributed by atoms with E-state index in [9.17, 15) is 18.8 Å². The molecule has 0 N–H and O–H groups in total. The number of carbonyl (C=O) groups excluding carboxylic acids is 3. The van der Waals surface area contributed by atoms with Crippen LogP contribution in [0.4, 0.5) is 10.1 Å². The lowest BCUT2D eigenvalue weighted by Gasteiger charge is -2.32. The number of hydrogen-bond acceptors (Lipinski definition) is 4. The zero-order valence-electron chi connectivity index (χ0n) is 14.8. The van der Waals surface area contributed by atoms with Crippen molar-refractivity contribution in [3.63, 3.8) is 0 Å². The number of esters is 1. The van der Waals surface area contributed by atoms with Gasteiger partial charge in [-0.1, -0.05) is 12.1 Å². The summed E-state index contributed by atoms with van der Waals surface area (Å²) in [5.74, 6) is -1.65. The van der Waals surface area contributed by atoms with E-state index in [1.54, 1.807) is 30.0 Å². The normalized spacial score (nSPS) is 21.2. The molecule has 140 valence electrons. The molecule has 2 heterocycles. The molecule has 1 aromatic carbocycles. The predicted octanol–water partition coefficient (Wildman–Crippen LogP) is 1.98. The summed E-state index contributed by atoms with van der Waals surface area (Å²) < 4.78 is 19.0. The minimum absolute atomic E-state index is 0.0883. The molecule has 2 aliphatic rings. The van der Waals surface area contributed by atoms with Gasteiger partial charge in [-0.2, -0.15) is 0 Å². The lowest BCUT2D eigenvalue weighted by Crippen LogP contribution is -2.44. The number of halogens is 1. The monoisotopic (exact) mass is 362 g/mol. The lowest BCUT2D eigenvalue weighted by molar-refractivity contribution is -0.151. The van der Waals surface area contributed by atoms with Crippen molar-refractivity contribution in [2.75, 3.05) is 31.1 Å². The molecule has 7 heteroatoms. The molecule has 3 rings (SSSR count). The van der Waals surface area contributed by atoms with Crippen LogP contribution in [0.25, 0.3) is 0 Å². The van der Waals surface area contributed by atoms with E-state index in [2.05, 4.69) is 0 Å². The number of likely N-dealkylation sites (tertiary alicyclic amines) is 1. The van der Waals surface area contributed by atoms with Crippen LogP contribution in [0.1, 0.15) is 26.2 Å². The number of ether oxygens (including phenoxy) is 1. The van der Waals surface area contributed by atoms with E-state index >= 15 is 0 Å². The first kappa shape index (κ1) is 18.4. The van der Waals surface area contributed by atoms with E-state index in [0.717, 1.165) is 0 Å². The smallest absolute Gasteiger partial charge is 0.309 e. The molecular formula is C19H23FN2O4. The van der Waals surface area contributed by atoms with Crippen molar-refractivity contribution in [1.29, 1.82) is 0 Å². The highest BCUT2D eigenvalue weighted by atomic mass is 19.1. The van der Waals surface area contributed by atoms with Crippen molar-refractivity contribution in [1.82, 2.24) is 4.90 Å². The second-order valence-corrected chi connectivity index (χ2v) is 6.71. The molecule has 0 aliphatic carbocycles. The maximum Gasteiger partial charge on any atom is 0.309 e. The average molecular weight is 362 g/mol. The van der Waals surface area contributed by atoms with Crippen molar-refractivity contribution in [3.05, 3.63) is 30.1 Å². The third-order valence-corrected chi connectivity index (χ3v) is 5.04. The van der Waals surface area contributed by atoms with E-state index in [-0.39, 0.29) is 42.4 Å². The molecule has 0 unspecified atom stereocenters. The van der Waals surface area contributed by atoms with Crippen LogP contribution in [0.5, 0.6) is 0 Å². The summed E-state index contributed by atoms with van der Waals surface area (Å²) in [4.78, 5) is 39.9. The fraction of sp³-hybridized carbons (Fsp3) is 0.526. The molecule has 0 spiro atoms. The third kappa shape index (κ3) is 3.71. The maximum absolute atomic E-state index is 13.9. The van der Waals surface area contributed by atoms with E-state index in [0.29, 0.717) is 32.5 Å². The highest BCUT2D eigenvalue weighted by Crippen LogP contribution is 2.29. The first-order valence-electron chi connectivity index (χ1n) is 9.01. The third-order valence-electron chi connectivity index (χ3n) is 5.04. The Bertz CT molecular complexity index is 701. The molecule has 2 saturated heterocycles. The highest BCUT2D eigenvalue weighted by Gasteiger charge is 2.39. The van der Waals surface area contributed by atoms with E-state index in [1.807, 2.05) is 0 Å². The summed E-state index contributed by atoms with van der Waals surface area (Å²) in [5, 5.41) is 0. The molecule has 26 heavy (non-hydrogen) atoms. The molecule has 0 aromatic heterocycles. The minimum atomic E-state index is -0.471. The van der Waals surface area contributed by atoms with Gasteiger partial charge in [0.2, 0.25) is 11.8 Å². The van der Waals surface area contributed by atoms with Gasteiger partial charge in [-0.25, -0.2) is 4.39 Å². The Labute approximate surface area is 151 Å². The summed E-state index contributed by atoms with van der Waals surface area (Å²) in [5.41, 5.74) is 0.216. The van der Waals surface area contributed by atoms with Crippen LogP contribution in [0.3, 0.4) is 0 Å². The Kier molecular flexibility index (Phi) is 5.54. The Morgan fingerprint density at radius 3 is 2.54 bits per heavy atom. The number of rotatable bonds is 4. The van der Waals surface area contributed by atoms with Crippen LogP contribution in [-0.2, 0) is 19.1 Å². The van der Waals surface area contributed by atoms with Gasteiger partial charge in [-0.3, -0.25) is 14.4 Å². The van der Waals surface area contributed by atoms with Crippen LogP contribution in [0.15, 0.2) is 24.3 Å². The number of benzene rings is 1. The zero-order valence-corrected chi connectivity index (χ0v) is 14.8. The molecule has 6 nitrogen and oxygen atoms in total. The van der Waals surface area contributed by atoms with E-state index in [4.69, 9.17) is 4.74 Å². The van der Waals surface area contributed by atoms with Crippen LogP contribution in [0.2, 0.25) is 0 Å². The summed E-state index contributed by atoms with van der Waals surface area (Å²) in [6, 6.07) is 6.08. The van der Waals surface area contributed by atoms with Gasteiger partial charge in [0.15, 0.2) is 0 Å². The van der Waals surface area contributed by atoms with E-state index < -0.39 is 11.7 Å². The number of hydrogen-bond donors (Lipinski definition) is 0. The summed E-state index contributed by atoms with van der Waals surface area (Å²) in [6.07, 6.45) is 1.23. The molecule has 2 aliphatic heterocycles. The van der Waals surface area contributed by atoms with Crippen LogP contribution in [0, 0.1) is 17.7 Å².